The topological polar surface area (TPSA) is 27.7 Å². The maximum Gasteiger partial charge on any atom is 0.0825 e. The third-order valence-corrected chi connectivity index (χ3v) is 0.332. The molecule has 3 nitrogen and oxygen atoms in total. The molecule has 0 bridgehead atoms. The highest BCUT2D eigenvalue weighted by molar-refractivity contribution is 6.92. The Morgan fingerprint density at radius 2 is 1.38 bits per heavy atom. The molecule has 4 heteroatoms. The molecule has 0 radical (unpaired) electrons. The molecule has 0 aromatic carbocycles. The molecule has 0 heterocycles. The van der Waals surface area contributed by atoms with E-state index in [1.807, 2.05) is 13.8 Å². The van der Waals surface area contributed by atoms with Gasteiger partial charge >= 0.3 is 0 Å². The van der Waals surface area contributed by atoms with Gasteiger partial charge in [-0.2, -0.15) is 9.90 Å². The fourth-order valence-electron chi connectivity index (χ4n) is 0.130. The molecule has 0 N–H and O–H groups in total. The van der Waals surface area contributed by atoms with Crippen molar-refractivity contribution in [2.45, 2.75) is 13.8 Å². The van der Waals surface area contributed by atoms with Crippen LogP contribution in [0.3, 0.4) is 0 Å². The van der Waals surface area contributed by atoms with E-state index >= 15 is 0 Å². The second kappa shape index (κ2) is 10.3. The van der Waals surface area contributed by atoms with E-state index in [9.17, 15) is 0 Å². The van der Waals surface area contributed by atoms with Crippen LogP contribution < -0.4 is 0 Å². The highest BCUT2D eigenvalue weighted by Gasteiger charge is 1.77. The standard InChI is InChI=1S/C4H10O3.H3P/c1-3-5-7-6-4-2;/h3-4H2,1-2H3;1H3. The summed E-state index contributed by atoms with van der Waals surface area (Å²) in [5.74, 6) is 0. The van der Waals surface area contributed by atoms with Crippen LogP contribution in [0.4, 0.5) is 0 Å². The fraction of sp³-hybridized carbons (Fsp3) is 1.00. The van der Waals surface area contributed by atoms with Crippen LogP contribution >= 0.6 is 9.90 Å². The third kappa shape index (κ3) is 9.58. The Hall–Kier alpha value is 0.310. The van der Waals surface area contributed by atoms with Crippen molar-refractivity contribution in [1.82, 2.24) is 0 Å². The first kappa shape index (κ1) is 11.2. The molecule has 0 fully saturated rings. The maximum absolute atomic E-state index is 4.35. The Morgan fingerprint density at radius 1 is 1.00 bits per heavy atom. The van der Waals surface area contributed by atoms with E-state index in [0.717, 1.165) is 0 Å². The van der Waals surface area contributed by atoms with Gasteiger partial charge in [0.25, 0.3) is 0 Å². The summed E-state index contributed by atoms with van der Waals surface area (Å²) in [6, 6.07) is 0. The van der Waals surface area contributed by atoms with Gasteiger partial charge in [-0.15, -0.1) is 0 Å². The highest BCUT2D eigenvalue weighted by Crippen LogP contribution is 1.77. The zero-order valence-electron chi connectivity index (χ0n) is 5.35. The second-order valence-electron chi connectivity index (χ2n) is 0.881. The van der Waals surface area contributed by atoms with Crippen molar-refractivity contribution in [2.75, 3.05) is 13.2 Å². The van der Waals surface area contributed by atoms with Crippen LogP contribution in [-0.2, 0) is 14.8 Å². The van der Waals surface area contributed by atoms with Gasteiger partial charge in [-0.3, -0.25) is 0 Å². The van der Waals surface area contributed by atoms with Crippen LogP contribution in [0.25, 0.3) is 0 Å². The minimum absolute atomic E-state index is 0. The quantitative estimate of drug-likeness (QED) is 0.252. The lowest BCUT2D eigenvalue weighted by molar-refractivity contribution is -0.509. The minimum atomic E-state index is 0. The lowest BCUT2D eigenvalue weighted by atomic mass is 10.9. The Balaban J connectivity index is 0. The first-order chi connectivity index (χ1) is 3.41. The molecule has 0 aromatic heterocycles. The molecule has 8 heavy (non-hydrogen) atoms. The van der Waals surface area contributed by atoms with Gasteiger partial charge in [0, 0.05) is 0 Å². The molecule has 0 saturated heterocycles. The van der Waals surface area contributed by atoms with Crippen LogP contribution in [0.2, 0.25) is 0 Å². The zero-order chi connectivity index (χ0) is 5.54. The molecule has 0 aliphatic carbocycles. The Kier molecular flexibility index (Phi) is 14.4. The van der Waals surface area contributed by atoms with E-state index in [-0.39, 0.29) is 9.90 Å². The number of hydrogen-bond acceptors (Lipinski definition) is 3. The van der Waals surface area contributed by atoms with Crippen molar-refractivity contribution in [3.05, 3.63) is 0 Å². The van der Waals surface area contributed by atoms with Crippen LogP contribution in [0.5, 0.6) is 0 Å². The van der Waals surface area contributed by atoms with Gasteiger partial charge in [0.1, 0.15) is 0 Å². The molecular formula is C4H13O3P. The van der Waals surface area contributed by atoms with E-state index in [2.05, 4.69) is 14.8 Å². The molecule has 52 valence electrons. The Bertz CT molecular complexity index is 30.5. The SMILES string of the molecule is CCOOOCC.P. The first-order valence-corrected chi connectivity index (χ1v) is 2.32. The third-order valence-electron chi connectivity index (χ3n) is 0.332. The predicted octanol–water partition coefficient (Wildman–Crippen LogP) is 0.964. The molecule has 0 aliphatic rings. The second-order valence-corrected chi connectivity index (χ2v) is 0.881. The normalized spacial score (nSPS) is 8.25. The summed E-state index contributed by atoms with van der Waals surface area (Å²) in [6.07, 6.45) is 0. The summed E-state index contributed by atoms with van der Waals surface area (Å²) in [4.78, 5) is 8.70. The number of rotatable bonds is 4. The van der Waals surface area contributed by atoms with Gasteiger partial charge in [-0.25, -0.2) is 9.78 Å². The molecule has 0 spiro atoms. The molecule has 0 aromatic rings. The smallest absolute Gasteiger partial charge is 0.0825 e. The summed E-state index contributed by atoms with van der Waals surface area (Å²) >= 11 is 0. The lowest BCUT2D eigenvalue weighted by Gasteiger charge is -1.94. The molecular weight excluding hydrogens is 127 g/mol. The van der Waals surface area contributed by atoms with Crippen molar-refractivity contribution in [1.29, 1.82) is 0 Å². The predicted molar refractivity (Wildman–Crippen MR) is 35.4 cm³/mol. The van der Waals surface area contributed by atoms with E-state index in [1.165, 1.54) is 0 Å². The van der Waals surface area contributed by atoms with E-state index in [0.29, 0.717) is 13.2 Å². The highest BCUT2D eigenvalue weighted by atomic mass is 31.0. The fourth-order valence-corrected chi connectivity index (χ4v) is 0.130. The molecule has 1 unspecified atom stereocenters. The minimum Gasteiger partial charge on any atom is -0.206 e. The van der Waals surface area contributed by atoms with Gasteiger partial charge in [0.15, 0.2) is 0 Å². The molecule has 1 atom stereocenters. The van der Waals surface area contributed by atoms with Gasteiger partial charge in [-0.05, 0) is 13.8 Å². The zero-order valence-corrected chi connectivity index (χ0v) is 6.76. The van der Waals surface area contributed by atoms with E-state index in [4.69, 9.17) is 0 Å². The maximum atomic E-state index is 4.35. The largest absolute Gasteiger partial charge is 0.206 e. The van der Waals surface area contributed by atoms with Crippen LogP contribution in [-0.4, -0.2) is 13.2 Å². The van der Waals surface area contributed by atoms with Crippen molar-refractivity contribution in [3.8, 4) is 0 Å². The summed E-state index contributed by atoms with van der Waals surface area (Å²) in [5.41, 5.74) is 0. The van der Waals surface area contributed by atoms with Crippen molar-refractivity contribution < 1.29 is 14.8 Å². The molecule has 0 aliphatic heterocycles. The summed E-state index contributed by atoms with van der Waals surface area (Å²) in [6.45, 7) is 4.66. The number of hydrogen-bond donors (Lipinski definition) is 0. The molecule has 0 rings (SSSR count). The van der Waals surface area contributed by atoms with Crippen molar-refractivity contribution in [2.24, 2.45) is 0 Å². The van der Waals surface area contributed by atoms with Crippen LogP contribution in [0, 0.1) is 0 Å². The average Bonchev–Trinajstić information content (AvgIpc) is 1.69. The summed E-state index contributed by atoms with van der Waals surface area (Å²) in [7, 11) is 0. The van der Waals surface area contributed by atoms with Crippen molar-refractivity contribution >= 4 is 9.90 Å². The first-order valence-electron chi connectivity index (χ1n) is 2.32. The van der Waals surface area contributed by atoms with E-state index in [1.54, 1.807) is 0 Å². The van der Waals surface area contributed by atoms with Crippen LogP contribution in [0.1, 0.15) is 13.8 Å². The molecule has 0 saturated carbocycles. The van der Waals surface area contributed by atoms with Crippen LogP contribution in [0.15, 0.2) is 0 Å². The molecule has 0 amide bonds. The Labute approximate surface area is 52.8 Å². The Morgan fingerprint density at radius 3 is 1.62 bits per heavy atom. The van der Waals surface area contributed by atoms with Crippen molar-refractivity contribution in [3.63, 3.8) is 0 Å². The summed E-state index contributed by atoms with van der Waals surface area (Å²) in [5, 5.41) is 4.13. The average molecular weight is 140 g/mol. The van der Waals surface area contributed by atoms with Gasteiger partial charge in [0.05, 0.1) is 13.2 Å². The van der Waals surface area contributed by atoms with E-state index < -0.39 is 0 Å². The van der Waals surface area contributed by atoms with Gasteiger partial charge in [0.2, 0.25) is 0 Å². The van der Waals surface area contributed by atoms with Gasteiger partial charge < -0.3 is 0 Å². The summed E-state index contributed by atoms with van der Waals surface area (Å²) < 4.78 is 0. The monoisotopic (exact) mass is 140 g/mol. The lowest BCUT2D eigenvalue weighted by Crippen LogP contribution is -1.94. The van der Waals surface area contributed by atoms with Gasteiger partial charge in [-0.1, -0.05) is 5.04 Å².